The third-order valence-corrected chi connectivity index (χ3v) is 3.43. The second kappa shape index (κ2) is 5.83. The van der Waals surface area contributed by atoms with Gasteiger partial charge < -0.3 is 10.2 Å². The van der Waals surface area contributed by atoms with Crippen LogP contribution < -0.4 is 5.32 Å². The molecule has 2 unspecified atom stereocenters. The zero-order valence-corrected chi connectivity index (χ0v) is 11.2. The van der Waals surface area contributed by atoms with E-state index in [2.05, 4.69) is 5.32 Å². The number of carbonyl (C=O) groups is 1. The summed E-state index contributed by atoms with van der Waals surface area (Å²) < 4.78 is 38.0. The molecular weight excluding hydrogens is 269 g/mol. The third-order valence-electron chi connectivity index (χ3n) is 3.43. The van der Waals surface area contributed by atoms with E-state index < -0.39 is 18.1 Å². The molecule has 1 saturated heterocycles. The summed E-state index contributed by atoms with van der Waals surface area (Å²) in [7, 11) is 0. The van der Waals surface area contributed by atoms with Gasteiger partial charge in [0.25, 0.3) is 0 Å². The lowest BCUT2D eigenvalue weighted by atomic mass is 10.0. The van der Waals surface area contributed by atoms with Crippen LogP contribution in [0.1, 0.15) is 12.5 Å². The van der Waals surface area contributed by atoms with E-state index in [0.29, 0.717) is 13.0 Å². The molecule has 110 valence electrons. The number of hydrogen-bond acceptors (Lipinski definition) is 2. The van der Waals surface area contributed by atoms with E-state index >= 15 is 0 Å². The van der Waals surface area contributed by atoms with Gasteiger partial charge >= 0.3 is 12.1 Å². The number of nitrogens with one attached hydrogen (secondary N) is 1. The Morgan fingerprint density at radius 1 is 1.35 bits per heavy atom. The molecule has 0 saturated carbocycles. The molecule has 1 amide bonds. The average Bonchev–Trinajstić information content (AvgIpc) is 2.40. The van der Waals surface area contributed by atoms with Crippen molar-refractivity contribution in [2.45, 2.75) is 31.6 Å². The molecule has 0 aromatic heterocycles. The van der Waals surface area contributed by atoms with E-state index in [9.17, 15) is 18.0 Å². The van der Waals surface area contributed by atoms with Crippen molar-refractivity contribution in [2.24, 2.45) is 0 Å². The quantitative estimate of drug-likeness (QED) is 0.901. The van der Waals surface area contributed by atoms with Crippen LogP contribution in [0.3, 0.4) is 0 Å². The number of carbonyl (C=O) groups excluding carboxylic acids is 1. The standard InChI is InChI=1S/C14H17F3N2O/c1-10-9-19(13(20)14(15,16)17)12(8-18-10)7-11-5-3-2-4-6-11/h2-6,10,12,18H,7-9H2,1H3. The maximum absolute atomic E-state index is 12.7. The van der Waals surface area contributed by atoms with Gasteiger partial charge in [0.05, 0.1) is 0 Å². The summed E-state index contributed by atoms with van der Waals surface area (Å²) in [5.74, 6) is -1.74. The van der Waals surface area contributed by atoms with Crippen LogP contribution in [0, 0.1) is 0 Å². The topological polar surface area (TPSA) is 32.3 Å². The molecular formula is C14H17F3N2O. The zero-order chi connectivity index (χ0) is 14.8. The molecule has 0 radical (unpaired) electrons. The molecule has 2 rings (SSSR count). The van der Waals surface area contributed by atoms with Crippen molar-refractivity contribution in [2.75, 3.05) is 13.1 Å². The molecule has 0 bridgehead atoms. The Bertz CT molecular complexity index is 461. The van der Waals surface area contributed by atoms with E-state index in [1.807, 2.05) is 30.3 Å². The van der Waals surface area contributed by atoms with Crippen LogP contribution in [0.5, 0.6) is 0 Å². The predicted octanol–water partition coefficient (Wildman–Crippen LogP) is 1.98. The van der Waals surface area contributed by atoms with Crippen molar-refractivity contribution in [3.05, 3.63) is 35.9 Å². The van der Waals surface area contributed by atoms with Gasteiger partial charge in [-0.05, 0) is 18.9 Å². The summed E-state index contributed by atoms with van der Waals surface area (Å²) in [5, 5.41) is 3.13. The molecule has 1 heterocycles. The minimum Gasteiger partial charge on any atom is -0.329 e. The van der Waals surface area contributed by atoms with Crippen molar-refractivity contribution in [1.29, 1.82) is 0 Å². The molecule has 0 spiro atoms. The number of hydrogen-bond donors (Lipinski definition) is 1. The Morgan fingerprint density at radius 3 is 2.60 bits per heavy atom. The number of rotatable bonds is 2. The average molecular weight is 286 g/mol. The molecule has 1 aliphatic rings. The van der Waals surface area contributed by atoms with Crippen molar-refractivity contribution in [1.82, 2.24) is 10.2 Å². The number of amides is 1. The molecule has 1 aromatic rings. The van der Waals surface area contributed by atoms with E-state index in [1.54, 1.807) is 6.92 Å². The van der Waals surface area contributed by atoms with Gasteiger partial charge in [0.2, 0.25) is 0 Å². The molecule has 6 heteroatoms. The van der Waals surface area contributed by atoms with Gasteiger partial charge in [-0.3, -0.25) is 4.79 Å². The van der Waals surface area contributed by atoms with Crippen LogP contribution in [0.4, 0.5) is 13.2 Å². The summed E-state index contributed by atoms with van der Waals surface area (Å²) in [6.07, 6.45) is -4.39. The maximum atomic E-state index is 12.7. The van der Waals surface area contributed by atoms with E-state index in [1.165, 1.54) is 0 Å². The zero-order valence-electron chi connectivity index (χ0n) is 11.2. The lowest BCUT2D eigenvalue weighted by Gasteiger charge is -2.39. The maximum Gasteiger partial charge on any atom is 0.471 e. The first-order valence-corrected chi connectivity index (χ1v) is 6.53. The minimum absolute atomic E-state index is 0.0792. The van der Waals surface area contributed by atoms with Crippen LogP contribution in [-0.2, 0) is 11.2 Å². The molecule has 1 aromatic carbocycles. The number of piperazine rings is 1. The molecule has 2 atom stereocenters. The Balaban J connectivity index is 2.14. The Kier molecular flexibility index (Phi) is 4.32. The number of benzene rings is 1. The summed E-state index contributed by atoms with van der Waals surface area (Å²) in [6.45, 7) is 2.23. The number of nitrogens with zero attached hydrogens (tertiary/aromatic N) is 1. The fourth-order valence-electron chi connectivity index (χ4n) is 2.44. The summed E-state index contributed by atoms with van der Waals surface area (Å²) in [5.41, 5.74) is 0.925. The Labute approximate surface area is 115 Å². The van der Waals surface area contributed by atoms with Gasteiger partial charge in [-0.1, -0.05) is 30.3 Å². The highest BCUT2D eigenvalue weighted by Gasteiger charge is 2.45. The highest BCUT2D eigenvalue weighted by molar-refractivity contribution is 5.82. The lowest BCUT2D eigenvalue weighted by molar-refractivity contribution is -0.189. The summed E-state index contributed by atoms with van der Waals surface area (Å²) >= 11 is 0. The van der Waals surface area contributed by atoms with Crippen LogP contribution >= 0.6 is 0 Å². The van der Waals surface area contributed by atoms with Crippen molar-refractivity contribution >= 4 is 5.91 Å². The smallest absolute Gasteiger partial charge is 0.329 e. The monoisotopic (exact) mass is 286 g/mol. The lowest BCUT2D eigenvalue weighted by Crippen LogP contribution is -2.60. The van der Waals surface area contributed by atoms with Crippen molar-refractivity contribution in [3.63, 3.8) is 0 Å². The fraction of sp³-hybridized carbons (Fsp3) is 0.500. The SMILES string of the molecule is CC1CN(C(=O)C(F)(F)F)C(Cc2ccccc2)CN1. The van der Waals surface area contributed by atoms with Gasteiger partial charge in [0.1, 0.15) is 0 Å². The summed E-state index contributed by atoms with van der Waals surface area (Å²) in [6, 6.07) is 8.64. The van der Waals surface area contributed by atoms with Gasteiger partial charge in [0.15, 0.2) is 0 Å². The Hall–Kier alpha value is -1.56. The Morgan fingerprint density at radius 2 is 2.00 bits per heavy atom. The van der Waals surface area contributed by atoms with Crippen LogP contribution in [0.25, 0.3) is 0 Å². The molecule has 3 nitrogen and oxygen atoms in total. The van der Waals surface area contributed by atoms with Crippen molar-refractivity contribution in [3.8, 4) is 0 Å². The van der Waals surface area contributed by atoms with E-state index in [-0.39, 0.29) is 12.6 Å². The van der Waals surface area contributed by atoms with Crippen LogP contribution in [0.2, 0.25) is 0 Å². The third kappa shape index (κ3) is 3.50. The molecule has 20 heavy (non-hydrogen) atoms. The number of halogens is 3. The van der Waals surface area contributed by atoms with E-state index in [0.717, 1.165) is 10.5 Å². The minimum atomic E-state index is -4.81. The second-order valence-electron chi connectivity index (χ2n) is 5.11. The van der Waals surface area contributed by atoms with Gasteiger partial charge in [-0.15, -0.1) is 0 Å². The molecule has 1 aliphatic heterocycles. The summed E-state index contributed by atoms with van der Waals surface area (Å²) in [4.78, 5) is 12.5. The highest BCUT2D eigenvalue weighted by Crippen LogP contribution is 2.23. The van der Waals surface area contributed by atoms with Crippen molar-refractivity contribution < 1.29 is 18.0 Å². The van der Waals surface area contributed by atoms with Crippen LogP contribution in [-0.4, -0.2) is 42.2 Å². The molecule has 0 aliphatic carbocycles. The largest absolute Gasteiger partial charge is 0.471 e. The van der Waals surface area contributed by atoms with Gasteiger partial charge in [0, 0.05) is 25.2 Å². The molecule has 1 N–H and O–H groups in total. The first-order chi connectivity index (χ1) is 9.38. The normalized spacial score (nSPS) is 23.7. The predicted molar refractivity (Wildman–Crippen MR) is 69.2 cm³/mol. The second-order valence-corrected chi connectivity index (χ2v) is 5.11. The number of alkyl halides is 3. The van der Waals surface area contributed by atoms with Gasteiger partial charge in [-0.2, -0.15) is 13.2 Å². The molecule has 1 fully saturated rings. The highest BCUT2D eigenvalue weighted by atomic mass is 19.4. The fourth-order valence-corrected chi connectivity index (χ4v) is 2.44. The van der Waals surface area contributed by atoms with E-state index in [4.69, 9.17) is 0 Å². The van der Waals surface area contributed by atoms with Crippen LogP contribution in [0.15, 0.2) is 30.3 Å². The first kappa shape index (κ1) is 14.8. The first-order valence-electron chi connectivity index (χ1n) is 6.53. The van der Waals surface area contributed by atoms with Gasteiger partial charge in [-0.25, -0.2) is 0 Å².